The largest absolute Gasteiger partial charge is 0.392 e. The SMILES string of the molecule is CC(=O)N1CCCN(c2ccccc2CO)CC1. The Morgan fingerprint density at radius 1 is 1.22 bits per heavy atom. The molecule has 1 heterocycles. The zero-order valence-corrected chi connectivity index (χ0v) is 10.8. The number of benzene rings is 1. The van der Waals surface area contributed by atoms with E-state index in [-0.39, 0.29) is 12.5 Å². The highest BCUT2D eigenvalue weighted by molar-refractivity contribution is 5.73. The van der Waals surface area contributed by atoms with Gasteiger partial charge in [-0.1, -0.05) is 18.2 Å². The predicted octanol–water partition coefficient (Wildman–Crippen LogP) is 1.24. The van der Waals surface area contributed by atoms with Crippen molar-refractivity contribution in [2.45, 2.75) is 20.0 Å². The van der Waals surface area contributed by atoms with Gasteiger partial charge in [0, 0.05) is 44.4 Å². The zero-order chi connectivity index (χ0) is 13.0. The molecule has 0 aromatic heterocycles. The van der Waals surface area contributed by atoms with Crippen LogP contribution >= 0.6 is 0 Å². The number of carbonyl (C=O) groups excluding carboxylic acids is 1. The Labute approximate surface area is 108 Å². The van der Waals surface area contributed by atoms with Crippen molar-refractivity contribution < 1.29 is 9.90 Å². The van der Waals surface area contributed by atoms with Gasteiger partial charge in [0.15, 0.2) is 0 Å². The summed E-state index contributed by atoms with van der Waals surface area (Å²) >= 11 is 0. The number of amides is 1. The summed E-state index contributed by atoms with van der Waals surface area (Å²) in [6.45, 7) is 5.03. The first kappa shape index (κ1) is 12.9. The molecule has 0 unspecified atom stereocenters. The van der Waals surface area contributed by atoms with Gasteiger partial charge in [-0.15, -0.1) is 0 Å². The Balaban J connectivity index is 2.12. The summed E-state index contributed by atoms with van der Waals surface area (Å²) in [5, 5.41) is 9.37. The lowest BCUT2D eigenvalue weighted by atomic mass is 10.1. The molecule has 18 heavy (non-hydrogen) atoms. The third-order valence-electron chi connectivity index (χ3n) is 3.44. The molecule has 98 valence electrons. The van der Waals surface area contributed by atoms with Crippen molar-refractivity contribution in [3.05, 3.63) is 29.8 Å². The third kappa shape index (κ3) is 2.82. The van der Waals surface area contributed by atoms with Crippen molar-refractivity contribution in [2.24, 2.45) is 0 Å². The maximum absolute atomic E-state index is 11.4. The number of carbonyl (C=O) groups is 1. The molecule has 1 N–H and O–H groups in total. The van der Waals surface area contributed by atoms with E-state index in [1.807, 2.05) is 29.2 Å². The van der Waals surface area contributed by atoms with Crippen LogP contribution in [0.5, 0.6) is 0 Å². The second-order valence-electron chi connectivity index (χ2n) is 4.63. The first-order valence-electron chi connectivity index (χ1n) is 6.41. The fourth-order valence-electron chi connectivity index (χ4n) is 2.43. The van der Waals surface area contributed by atoms with Gasteiger partial charge in [0.05, 0.1) is 6.61 Å². The molecule has 0 aliphatic carbocycles. The average molecular weight is 248 g/mol. The van der Waals surface area contributed by atoms with E-state index in [9.17, 15) is 9.90 Å². The molecule has 1 fully saturated rings. The van der Waals surface area contributed by atoms with Crippen LogP contribution in [0.25, 0.3) is 0 Å². The number of nitrogens with zero attached hydrogens (tertiary/aromatic N) is 2. The standard InChI is InChI=1S/C14H20N2O2/c1-12(18)15-7-4-8-16(10-9-15)14-6-3-2-5-13(14)11-17/h2-3,5-6,17H,4,7-11H2,1H3. The molecule has 0 radical (unpaired) electrons. The molecule has 0 spiro atoms. The number of hydrogen-bond donors (Lipinski definition) is 1. The topological polar surface area (TPSA) is 43.8 Å². The van der Waals surface area contributed by atoms with Gasteiger partial charge in [-0.3, -0.25) is 4.79 Å². The smallest absolute Gasteiger partial charge is 0.219 e. The minimum absolute atomic E-state index is 0.0586. The number of aliphatic hydroxyl groups excluding tert-OH is 1. The van der Waals surface area contributed by atoms with Gasteiger partial charge in [0.1, 0.15) is 0 Å². The van der Waals surface area contributed by atoms with Crippen molar-refractivity contribution in [1.29, 1.82) is 0 Å². The molecule has 1 saturated heterocycles. The molecular weight excluding hydrogens is 228 g/mol. The summed E-state index contributed by atoms with van der Waals surface area (Å²) < 4.78 is 0. The molecule has 1 aliphatic rings. The molecule has 1 amide bonds. The van der Waals surface area contributed by atoms with Crippen molar-refractivity contribution in [3.63, 3.8) is 0 Å². The number of aliphatic hydroxyl groups is 1. The second-order valence-corrected chi connectivity index (χ2v) is 4.63. The van der Waals surface area contributed by atoms with Crippen molar-refractivity contribution in [2.75, 3.05) is 31.1 Å². The fraction of sp³-hybridized carbons (Fsp3) is 0.500. The van der Waals surface area contributed by atoms with Crippen LogP contribution < -0.4 is 4.90 Å². The minimum Gasteiger partial charge on any atom is -0.392 e. The van der Waals surface area contributed by atoms with Crippen molar-refractivity contribution in [1.82, 2.24) is 4.90 Å². The normalized spacial score (nSPS) is 16.6. The molecule has 1 aliphatic heterocycles. The Bertz CT molecular complexity index is 420. The van der Waals surface area contributed by atoms with Gasteiger partial charge in [0.2, 0.25) is 5.91 Å². The van der Waals surface area contributed by atoms with Crippen LogP contribution in [0.2, 0.25) is 0 Å². The summed E-state index contributed by atoms with van der Waals surface area (Å²) in [6, 6.07) is 7.91. The molecule has 1 aromatic rings. The van der Waals surface area contributed by atoms with E-state index in [0.29, 0.717) is 0 Å². The lowest BCUT2D eigenvalue weighted by Crippen LogP contribution is -2.33. The maximum Gasteiger partial charge on any atom is 0.219 e. The van der Waals surface area contributed by atoms with Crippen LogP contribution in [0.1, 0.15) is 18.9 Å². The van der Waals surface area contributed by atoms with Crippen LogP contribution in [0.4, 0.5) is 5.69 Å². The average Bonchev–Trinajstić information content (AvgIpc) is 2.64. The molecule has 2 rings (SSSR count). The zero-order valence-electron chi connectivity index (χ0n) is 10.8. The van der Waals surface area contributed by atoms with Gasteiger partial charge in [-0.05, 0) is 12.5 Å². The summed E-state index contributed by atoms with van der Waals surface area (Å²) in [4.78, 5) is 15.5. The van der Waals surface area contributed by atoms with E-state index < -0.39 is 0 Å². The van der Waals surface area contributed by atoms with E-state index >= 15 is 0 Å². The van der Waals surface area contributed by atoms with Gasteiger partial charge in [-0.25, -0.2) is 0 Å². The summed E-state index contributed by atoms with van der Waals surface area (Å²) in [5.74, 6) is 0.146. The molecule has 1 aromatic carbocycles. The van der Waals surface area contributed by atoms with Crippen LogP contribution in [0, 0.1) is 0 Å². The van der Waals surface area contributed by atoms with Gasteiger partial charge in [0.25, 0.3) is 0 Å². The number of anilines is 1. The highest BCUT2D eigenvalue weighted by Gasteiger charge is 2.17. The molecule has 0 saturated carbocycles. The number of hydrogen-bond acceptors (Lipinski definition) is 3. The molecule has 4 heteroatoms. The van der Waals surface area contributed by atoms with E-state index in [2.05, 4.69) is 4.90 Å². The van der Waals surface area contributed by atoms with E-state index in [4.69, 9.17) is 0 Å². The first-order chi connectivity index (χ1) is 8.72. The predicted molar refractivity (Wildman–Crippen MR) is 71.4 cm³/mol. The van der Waals surface area contributed by atoms with Crippen LogP contribution in [-0.2, 0) is 11.4 Å². The Morgan fingerprint density at radius 2 is 2.00 bits per heavy atom. The summed E-state index contributed by atoms with van der Waals surface area (Å²) in [6.07, 6.45) is 0.972. The van der Waals surface area contributed by atoms with E-state index in [0.717, 1.165) is 43.9 Å². The fourth-order valence-corrected chi connectivity index (χ4v) is 2.43. The van der Waals surface area contributed by atoms with E-state index in [1.165, 1.54) is 0 Å². The summed E-state index contributed by atoms with van der Waals surface area (Å²) in [7, 11) is 0. The molecule has 4 nitrogen and oxygen atoms in total. The highest BCUT2D eigenvalue weighted by atomic mass is 16.3. The Kier molecular flexibility index (Phi) is 4.20. The van der Waals surface area contributed by atoms with Gasteiger partial charge < -0.3 is 14.9 Å². The Hall–Kier alpha value is -1.55. The van der Waals surface area contributed by atoms with Gasteiger partial charge >= 0.3 is 0 Å². The summed E-state index contributed by atoms with van der Waals surface area (Å²) in [5.41, 5.74) is 2.04. The van der Waals surface area contributed by atoms with Crippen molar-refractivity contribution >= 4 is 11.6 Å². The van der Waals surface area contributed by atoms with E-state index in [1.54, 1.807) is 6.92 Å². The molecule has 0 bridgehead atoms. The molecular formula is C14H20N2O2. The monoisotopic (exact) mass is 248 g/mol. The van der Waals surface area contributed by atoms with Crippen molar-refractivity contribution in [3.8, 4) is 0 Å². The van der Waals surface area contributed by atoms with Crippen LogP contribution in [0.15, 0.2) is 24.3 Å². The highest BCUT2D eigenvalue weighted by Crippen LogP contribution is 2.21. The van der Waals surface area contributed by atoms with Crippen LogP contribution in [-0.4, -0.2) is 42.1 Å². The number of para-hydroxylation sites is 1. The first-order valence-corrected chi connectivity index (χ1v) is 6.41. The lowest BCUT2D eigenvalue weighted by Gasteiger charge is -2.25. The van der Waals surface area contributed by atoms with Gasteiger partial charge in [-0.2, -0.15) is 0 Å². The minimum atomic E-state index is 0.0586. The second kappa shape index (κ2) is 5.87. The maximum atomic E-state index is 11.4. The third-order valence-corrected chi connectivity index (χ3v) is 3.44. The lowest BCUT2D eigenvalue weighted by molar-refractivity contribution is -0.128. The molecule has 0 atom stereocenters. The Morgan fingerprint density at radius 3 is 2.72 bits per heavy atom. The van der Waals surface area contributed by atoms with Crippen LogP contribution in [0.3, 0.4) is 0 Å². The quantitative estimate of drug-likeness (QED) is 0.856. The number of rotatable bonds is 2.